The average Bonchev–Trinajstić information content (AvgIpc) is 3.63. The Bertz CT molecular complexity index is 1810. The highest BCUT2D eigenvalue weighted by atomic mass is 19.1. The molecule has 7 nitrogen and oxygen atoms in total. The molecule has 8 rings (SSSR count). The molecule has 45 heavy (non-hydrogen) atoms. The third-order valence-electron chi connectivity index (χ3n) is 10.2. The number of terminal acetylenes is 1. The normalized spacial score (nSPS) is 21.9. The number of piperazine rings is 1. The lowest BCUT2D eigenvalue weighted by Crippen LogP contribution is -2.54. The van der Waals surface area contributed by atoms with Crippen molar-refractivity contribution in [2.24, 2.45) is 5.92 Å². The van der Waals surface area contributed by atoms with Crippen molar-refractivity contribution in [2.75, 3.05) is 44.2 Å². The Morgan fingerprint density at radius 1 is 1.04 bits per heavy atom. The summed E-state index contributed by atoms with van der Waals surface area (Å²) in [5.74, 6) is 2.29. The topological polar surface area (TPSA) is 66.4 Å². The van der Waals surface area contributed by atoms with Crippen LogP contribution in [0.1, 0.15) is 57.7 Å². The number of hydrogen-bond donors (Lipinski definition) is 1. The lowest BCUT2D eigenvalue weighted by Gasteiger charge is -2.39. The van der Waals surface area contributed by atoms with Crippen LogP contribution in [-0.4, -0.2) is 70.8 Å². The minimum atomic E-state index is -0.574. The van der Waals surface area contributed by atoms with Gasteiger partial charge in [-0.3, -0.25) is 4.90 Å². The van der Waals surface area contributed by atoms with Crippen LogP contribution >= 0.6 is 0 Å². The Hall–Kier alpha value is -3.87. The number of pyridine rings is 1. The molecule has 0 spiro atoms. The summed E-state index contributed by atoms with van der Waals surface area (Å²) < 4.78 is 38.2. The number of nitrogens with zero attached hydrogens (tertiary/aromatic N) is 5. The van der Waals surface area contributed by atoms with Crippen LogP contribution < -0.4 is 15.0 Å². The summed E-state index contributed by atoms with van der Waals surface area (Å²) in [7, 11) is 0. The van der Waals surface area contributed by atoms with E-state index in [9.17, 15) is 4.39 Å². The average molecular weight is 611 g/mol. The molecule has 0 bridgehead atoms. The van der Waals surface area contributed by atoms with Gasteiger partial charge in [0, 0.05) is 36.6 Å². The zero-order valence-electron chi connectivity index (χ0n) is 26.3. The first kappa shape index (κ1) is 29.8. The fourth-order valence-corrected chi connectivity index (χ4v) is 8.09. The molecule has 1 N–H and O–H groups in total. The number of aromatic nitrogens is 3. The van der Waals surface area contributed by atoms with Crippen molar-refractivity contribution in [3.05, 3.63) is 53.2 Å². The van der Waals surface area contributed by atoms with E-state index in [0.717, 1.165) is 69.5 Å². The van der Waals surface area contributed by atoms with Crippen LogP contribution in [0.5, 0.6) is 6.01 Å². The number of nitrogens with one attached hydrogen (secondary N) is 1. The lowest BCUT2D eigenvalue weighted by molar-refractivity contribution is 0.108. The molecular formula is C36H40F2N6O. The van der Waals surface area contributed by atoms with E-state index in [0.29, 0.717) is 35.2 Å². The van der Waals surface area contributed by atoms with Crippen molar-refractivity contribution in [3.63, 3.8) is 0 Å². The van der Waals surface area contributed by atoms with Crippen molar-refractivity contribution >= 4 is 27.5 Å². The molecule has 0 saturated carbocycles. The lowest BCUT2D eigenvalue weighted by atomic mass is 9.93. The van der Waals surface area contributed by atoms with Gasteiger partial charge in [-0.05, 0) is 62.6 Å². The number of hydrogen-bond acceptors (Lipinski definition) is 7. The molecule has 0 aliphatic carbocycles. The third-order valence-corrected chi connectivity index (χ3v) is 10.2. The molecule has 1 unspecified atom stereocenters. The highest BCUT2D eigenvalue weighted by molar-refractivity contribution is 6.02. The minimum absolute atomic E-state index is 0.00426. The maximum Gasteiger partial charge on any atom is 0.319 e. The number of ether oxygens (including phenoxy) is 1. The molecule has 4 aliphatic heterocycles. The summed E-state index contributed by atoms with van der Waals surface area (Å²) in [5, 5.41) is 5.35. The molecule has 0 amide bonds. The van der Waals surface area contributed by atoms with Crippen molar-refractivity contribution in [1.82, 2.24) is 25.2 Å². The van der Waals surface area contributed by atoms with Crippen LogP contribution in [0.3, 0.4) is 0 Å². The highest BCUT2D eigenvalue weighted by Crippen LogP contribution is 2.43. The molecular weight excluding hydrogens is 570 g/mol. The van der Waals surface area contributed by atoms with Gasteiger partial charge < -0.3 is 15.0 Å². The SMILES string of the molecule is C#Cc1c(F)ccc2cccc(-c3nc4c5c(nc(OCC67CCCN6CCC7)nc5c3F)N3CCNCC3[C@@H](C)C4)c12.CC. The molecule has 234 valence electrons. The summed E-state index contributed by atoms with van der Waals surface area (Å²) in [4.78, 5) is 19.5. The quantitative estimate of drug-likeness (QED) is 0.280. The van der Waals surface area contributed by atoms with Crippen LogP contribution in [0.2, 0.25) is 0 Å². The number of anilines is 1. The first-order valence-corrected chi connectivity index (χ1v) is 16.4. The number of fused-ring (bicyclic) bond motifs is 4. The molecule has 9 heteroatoms. The van der Waals surface area contributed by atoms with Gasteiger partial charge in [-0.1, -0.05) is 51.0 Å². The number of benzene rings is 2. The summed E-state index contributed by atoms with van der Waals surface area (Å²) in [5.41, 5.74) is 1.60. The Morgan fingerprint density at radius 3 is 2.62 bits per heavy atom. The van der Waals surface area contributed by atoms with Gasteiger partial charge in [0.25, 0.3) is 0 Å². The van der Waals surface area contributed by atoms with Crippen molar-refractivity contribution < 1.29 is 13.5 Å². The minimum Gasteiger partial charge on any atom is -0.461 e. The summed E-state index contributed by atoms with van der Waals surface area (Å²) >= 11 is 0. The standard InChI is InChI=1S/C34H34F2N6O.C2H6/c1-3-22-24(35)10-9-21-7-4-8-23(27(21)22)30-29(36)31-28-25(38-30)17-20(2)26-18-37-13-16-42(26)32(28)40-33(39-31)43-19-34-11-5-14-41(34)15-6-12-34;1-2/h1,4,7-10,20,26,37H,5-6,11-19H2,2H3;1-2H3/t20-,26?;/m0./s1. The van der Waals surface area contributed by atoms with Crippen LogP contribution in [-0.2, 0) is 6.42 Å². The molecule has 2 atom stereocenters. The fourth-order valence-electron chi connectivity index (χ4n) is 8.09. The first-order chi connectivity index (χ1) is 22.0. The zero-order chi connectivity index (χ0) is 31.3. The van der Waals surface area contributed by atoms with E-state index in [-0.39, 0.29) is 40.3 Å². The second-order valence-corrected chi connectivity index (χ2v) is 12.6. The number of halogens is 2. The Labute approximate surface area is 263 Å². The van der Waals surface area contributed by atoms with Gasteiger partial charge in [-0.25, -0.2) is 13.8 Å². The van der Waals surface area contributed by atoms with E-state index in [1.54, 1.807) is 12.1 Å². The van der Waals surface area contributed by atoms with Crippen LogP contribution in [0.25, 0.3) is 32.9 Å². The molecule has 4 aliphatic rings. The van der Waals surface area contributed by atoms with Crippen molar-refractivity contribution in [3.8, 4) is 29.6 Å². The second kappa shape index (κ2) is 11.8. The van der Waals surface area contributed by atoms with Crippen molar-refractivity contribution in [2.45, 2.75) is 64.5 Å². The number of rotatable bonds is 4. The van der Waals surface area contributed by atoms with Gasteiger partial charge in [0.2, 0.25) is 0 Å². The maximum atomic E-state index is 16.9. The summed E-state index contributed by atoms with van der Waals surface area (Å²) in [6.45, 7) is 11.2. The second-order valence-electron chi connectivity index (χ2n) is 12.6. The van der Waals surface area contributed by atoms with E-state index in [1.807, 2.05) is 26.0 Å². The molecule has 2 aromatic heterocycles. The van der Waals surface area contributed by atoms with Gasteiger partial charge in [0.15, 0.2) is 5.82 Å². The Balaban J connectivity index is 0.00000160. The van der Waals surface area contributed by atoms with E-state index < -0.39 is 11.6 Å². The zero-order valence-corrected chi connectivity index (χ0v) is 26.3. The molecule has 3 saturated heterocycles. The van der Waals surface area contributed by atoms with Crippen LogP contribution in [0, 0.1) is 29.9 Å². The Kier molecular flexibility index (Phi) is 7.83. The highest BCUT2D eigenvalue weighted by Gasteiger charge is 2.45. The molecule has 3 fully saturated rings. The van der Waals surface area contributed by atoms with Gasteiger partial charge in [0.05, 0.1) is 22.2 Å². The molecule has 6 heterocycles. The van der Waals surface area contributed by atoms with Crippen LogP contribution in [0.4, 0.5) is 14.6 Å². The Morgan fingerprint density at radius 2 is 1.84 bits per heavy atom. The summed E-state index contributed by atoms with van der Waals surface area (Å²) in [6.07, 6.45) is 10.9. The molecule has 0 radical (unpaired) electrons. The van der Waals surface area contributed by atoms with E-state index in [2.05, 4.69) is 28.0 Å². The van der Waals surface area contributed by atoms with E-state index in [1.165, 1.54) is 6.07 Å². The first-order valence-electron chi connectivity index (χ1n) is 16.4. The van der Waals surface area contributed by atoms with Crippen LogP contribution in [0.15, 0.2) is 30.3 Å². The fraction of sp³-hybridized carbons (Fsp3) is 0.472. The predicted octanol–water partition coefficient (Wildman–Crippen LogP) is 6.11. The van der Waals surface area contributed by atoms with Gasteiger partial charge in [-0.15, -0.1) is 6.42 Å². The largest absolute Gasteiger partial charge is 0.461 e. The third kappa shape index (κ3) is 4.81. The maximum absolute atomic E-state index is 16.9. The predicted molar refractivity (Wildman–Crippen MR) is 175 cm³/mol. The monoisotopic (exact) mass is 610 g/mol. The van der Waals surface area contributed by atoms with Gasteiger partial charge in [0.1, 0.15) is 29.5 Å². The van der Waals surface area contributed by atoms with Gasteiger partial charge >= 0.3 is 6.01 Å². The van der Waals surface area contributed by atoms with Crippen molar-refractivity contribution in [1.29, 1.82) is 0 Å². The van der Waals surface area contributed by atoms with Gasteiger partial charge in [-0.2, -0.15) is 9.97 Å². The van der Waals surface area contributed by atoms with E-state index >= 15 is 4.39 Å². The molecule has 4 aromatic rings. The molecule has 2 aromatic carbocycles. The smallest absolute Gasteiger partial charge is 0.319 e. The van der Waals surface area contributed by atoms with E-state index in [4.69, 9.17) is 26.1 Å². The summed E-state index contributed by atoms with van der Waals surface area (Å²) in [6, 6.07) is 8.80.